The van der Waals surface area contributed by atoms with E-state index in [1.807, 2.05) is 37.3 Å². The first kappa shape index (κ1) is 25.9. The van der Waals surface area contributed by atoms with E-state index >= 15 is 0 Å². The van der Waals surface area contributed by atoms with Crippen LogP contribution in [0.5, 0.6) is 0 Å². The number of rotatable bonds is 11. The third-order valence-electron chi connectivity index (χ3n) is 4.98. The summed E-state index contributed by atoms with van der Waals surface area (Å²) in [6.45, 7) is 4.02. The molecule has 0 aromatic heterocycles. The summed E-state index contributed by atoms with van der Waals surface area (Å²) in [4.78, 5) is 27.4. The van der Waals surface area contributed by atoms with Crippen LogP contribution in [0.4, 0.5) is 5.69 Å². The fraction of sp³-hybridized carbons (Fsp3) is 0.391. The molecule has 2 aromatic carbocycles. The molecule has 9 heteroatoms. The van der Waals surface area contributed by atoms with Crippen LogP contribution in [0.1, 0.15) is 25.8 Å². The van der Waals surface area contributed by atoms with E-state index in [-0.39, 0.29) is 5.91 Å². The maximum absolute atomic E-state index is 13.3. The van der Waals surface area contributed by atoms with Crippen LogP contribution in [-0.4, -0.2) is 57.1 Å². The van der Waals surface area contributed by atoms with Gasteiger partial charge in [-0.2, -0.15) is 0 Å². The van der Waals surface area contributed by atoms with Crippen LogP contribution in [0.2, 0.25) is 0 Å². The number of carbonyl (C=O) groups excluding carboxylic acids is 2. The van der Waals surface area contributed by atoms with Crippen LogP contribution in [0.25, 0.3) is 0 Å². The molecule has 1 atom stereocenters. The zero-order valence-corrected chi connectivity index (χ0v) is 21.0. The number of amides is 2. The molecule has 0 radical (unpaired) electrons. The molecule has 2 aromatic rings. The van der Waals surface area contributed by atoms with Gasteiger partial charge in [0.1, 0.15) is 12.6 Å². The van der Waals surface area contributed by atoms with Crippen LogP contribution in [-0.2, 0) is 26.0 Å². The second kappa shape index (κ2) is 12.0. The Balaban J connectivity index is 2.28. The Hall–Kier alpha value is -2.39. The van der Waals surface area contributed by atoms with E-state index in [1.165, 1.54) is 4.90 Å². The van der Waals surface area contributed by atoms with Gasteiger partial charge in [-0.15, -0.1) is 0 Å². The molecule has 0 saturated heterocycles. The number of nitrogens with one attached hydrogen (secondary N) is 1. The molecule has 0 fully saturated rings. The first-order chi connectivity index (χ1) is 15.1. The highest BCUT2D eigenvalue weighted by Crippen LogP contribution is 2.22. The Labute approximate surface area is 199 Å². The predicted octanol–water partition coefficient (Wildman–Crippen LogP) is 3.20. The summed E-state index contributed by atoms with van der Waals surface area (Å²) in [7, 11) is -3.73. The number of benzene rings is 2. The van der Waals surface area contributed by atoms with Crippen LogP contribution in [0.15, 0.2) is 59.1 Å². The number of nitrogens with zero attached hydrogens (tertiary/aromatic N) is 2. The molecule has 0 aliphatic carbocycles. The van der Waals surface area contributed by atoms with Gasteiger partial charge >= 0.3 is 0 Å². The van der Waals surface area contributed by atoms with Crippen LogP contribution < -0.4 is 9.62 Å². The van der Waals surface area contributed by atoms with Gasteiger partial charge < -0.3 is 10.2 Å². The van der Waals surface area contributed by atoms with Gasteiger partial charge in [-0.05, 0) is 43.5 Å². The number of hydrogen-bond donors (Lipinski definition) is 1. The highest BCUT2D eigenvalue weighted by molar-refractivity contribution is 9.10. The summed E-state index contributed by atoms with van der Waals surface area (Å²) in [5, 5.41) is 2.82. The van der Waals surface area contributed by atoms with E-state index < -0.39 is 28.5 Å². The topological polar surface area (TPSA) is 86.8 Å². The largest absolute Gasteiger partial charge is 0.354 e. The highest BCUT2D eigenvalue weighted by atomic mass is 79.9. The molecule has 1 N–H and O–H groups in total. The molecule has 0 aliphatic heterocycles. The monoisotopic (exact) mass is 523 g/mol. The smallest absolute Gasteiger partial charge is 0.244 e. The van der Waals surface area contributed by atoms with Gasteiger partial charge in [-0.1, -0.05) is 59.3 Å². The van der Waals surface area contributed by atoms with Gasteiger partial charge in [0.05, 0.1) is 11.9 Å². The molecule has 0 heterocycles. The summed E-state index contributed by atoms with van der Waals surface area (Å²) in [5.74, 6) is -0.702. The maximum atomic E-state index is 13.3. The van der Waals surface area contributed by atoms with Crippen molar-refractivity contribution in [2.75, 3.05) is 30.2 Å². The van der Waals surface area contributed by atoms with Gasteiger partial charge in [0.2, 0.25) is 21.8 Å². The molecule has 32 heavy (non-hydrogen) atoms. The van der Waals surface area contributed by atoms with E-state index in [0.29, 0.717) is 29.7 Å². The zero-order valence-electron chi connectivity index (χ0n) is 18.6. The Kier molecular flexibility index (Phi) is 9.71. The molecule has 2 rings (SSSR count). The second-order valence-electron chi connectivity index (χ2n) is 7.54. The Bertz CT molecular complexity index is 1010. The molecule has 2 amide bonds. The van der Waals surface area contributed by atoms with E-state index in [4.69, 9.17) is 0 Å². The summed E-state index contributed by atoms with van der Waals surface area (Å²) in [5.41, 5.74) is 1.40. The predicted molar refractivity (Wildman–Crippen MR) is 131 cm³/mol. The first-order valence-electron chi connectivity index (χ1n) is 10.5. The molecule has 0 bridgehead atoms. The first-order valence-corrected chi connectivity index (χ1v) is 13.1. The minimum absolute atomic E-state index is 0.262. The highest BCUT2D eigenvalue weighted by Gasteiger charge is 2.29. The van der Waals surface area contributed by atoms with Gasteiger partial charge in [-0.3, -0.25) is 13.9 Å². The summed E-state index contributed by atoms with van der Waals surface area (Å²) in [6.07, 6.45) is 2.39. The number of anilines is 1. The standard InChI is InChI=1S/C23H30BrN3O4S/c1-4-14-25-23(29)18(2)26(15-13-19-9-6-5-7-10-19)22(28)17-27(32(3,30)31)21-12-8-11-20(24)16-21/h5-12,16,18H,4,13-15,17H2,1-3H3,(H,25,29)/t18-/m0/s1. The van der Waals surface area contributed by atoms with Crippen molar-refractivity contribution in [3.05, 3.63) is 64.6 Å². The van der Waals surface area contributed by atoms with Crippen molar-refractivity contribution in [2.24, 2.45) is 0 Å². The fourth-order valence-electron chi connectivity index (χ4n) is 3.21. The lowest BCUT2D eigenvalue weighted by Gasteiger charge is -2.31. The van der Waals surface area contributed by atoms with Crippen molar-refractivity contribution >= 4 is 43.5 Å². The minimum atomic E-state index is -3.73. The molecule has 0 saturated carbocycles. The van der Waals surface area contributed by atoms with Crippen molar-refractivity contribution in [2.45, 2.75) is 32.7 Å². The van der Waals surface area contributed by atoms with Gasteiger partial charge in [0, 0.05) is 17.6 Å². The number of sulfonamides is 1. The average Bonchev–Trinajstić information content (AvgIpc) is 2.75. The Morgan fingerprint density at radius 3 is 2.38 bits per heavy atom. The number of halogens is 1. The number of carbonyl (C=O) groups is 2. The molecule has 174 valence electrons. The Morgan fingerprint density at radius 1 is 1.09 bits per heavy atom. The van der Waals surface area contributed by atoms with Crippen LogP contribution >= 0.6 is 15.9 Å². The van der Waals surface area contributed by atoms with Crippen molar-refractivity contribution in [1.82, 2.24) is 10.2 Å². The quantitative estimate of drug-likeness (QED) is 0.489. The van der Waals surface area contributed by atoms with Gasteiger partial charge in [0.15, 0.2) is 0 Å². The van der Waals surface area contributed by atoms with Crippen molar-refractivity contribution in [1.29, 1.82) is 0 Å². The zero-order chi connectivity index (χ0) is 23.7. The number of hydrogen-bond acceptors (Lipinski definition) is 4. The van der Waals surface area contributed by atoms with E-state index in [1.54, 1.807) is 31.2 Å². The fourth-order valence-corrected chi connectivity index (χ4v) is 4.44. The molecule has 7 nitrogen and oxygen atoms in total. The molecular formula is C23H30BrN3O4S. The molecule has 0 aliphatic rings. The van der Waals surface area contributed by atoms with E-state index in [2.05, 4.69) is 21.2 Å². The SMILES string of the molecule is CCCNC(=O)[C@H](C)N(CCc1ccccc1)C(=O)CN(c1cccc(Br)c1)S(C)(=O)=O. The average molecular weight is 524 g/mol. The van der Waals surface area contributed by atoms with Crippen LogP contribution in [0, 0.1) is 0 Å². The van der Waals surface area contributed by atoms with Crippen molar-refractivity contribution in [3.8, 4) is 0 Å². The molecule has 0 spiro atoms. The summed E-state index contributed by atoms with van der Waals surface area (Å²) < 4.78 is 26.7. The molecular weight excluding hydrogens is 494 g/mol. The lowest BCUT2D eigenvalue weighted by molar-refractivity contribution is -0.138. The maximum Gasteiger partial charge on any atom is 0.244 e. The Morgan fingerprint density at radius 2 is 1.78 bits per heavy atom. The second-order valence-corrected chi connectivity index (χ2v) is 10.4. The van der Waals surface area contributed by atoms with Gasteiger partial charge in [-0.25, -0.2) is 8.42 Å². The van der Waals surface area contributed by atoms with E-state index in [9.17, 15) is 18.0 Å². The summed E-state index contributed by atoms with van der Waals surface area (Å²) in [6, 6.07) is 15.7. The lowest BCUT2D eigenvalue weighted by Crippen LogP contribution is -2.52. The third-order valence-corrected chi connectivity index (χ3v) is 6.61. The molecule has 0 unspecified atom stereocenters. The normalized spacial score (nSPS) is 12.1. The van der Waals surface area contributed by atoms with Gasteiger partial charge in [0.25, 0.3) is 0 Å². The lowest BCUT2D eigenvalue weighted by atomic mass is 10.1. The van der Waals surface area contributed by atoms with Crippen LogP contribution in [0.3, 0.4) is 0 Å². The minimum Gasteiger partial charge on any atom is -0.354 e. The van der Waals surface area contributed by atoms with Crippen molar-refractivity contribution < 1.29 is 18.0 Å². The van der Waals surface area contributed by atoms with E-state index in [0.717, 1.165) is 22.5 Å². The van der Waals surface area contributed by atoms with Crippen molar-refractivity contribution in [3.63, 3.8) is 0 Å². The third kappa shape index (κ3) is 7.63. The summed E-state index contributed by atoms with van der Waals surface area (Å²) >= 11 is 3.34.